The predicted octanol–water partition coefficient (Wildman–Crippen LogP) is 5.52. The van der Waals surface area contributed by atoms with E-state index < -0.39 is 0 Å². The predicted molar refractivity (Wildman–Crippen MR) is 153 cm³/mol. The fraction of sp³-hybridized carbons (Fsp3) is 0.233. The van der Waals surface area contributed by atoms with Crippen LogP contribution in [0.2, 0.25) is 5.02 Å². The Labute approximate surface area is 230 Å². The van der Waals surface area contributed by atoms with Gasteiger partial charge in [0.1, 0.15) is 12.0 Å². The second-order valence-corrected chi connectivity index (χ2v) is 10.1. The van der Waals surface area contributed by atoms with Gasteiger partial charge in [-0.15, -0.1) is 0 Å². The van der Waals surface area contributed by atoms with Gasteiger partial charge in [-0.3, -0.25) is 9.36 Å². The summed E-state index contributed by atoms with van der Waals surface area (Å²) in [5.74, 6) is 0.507. The standard InChI is InChI=1S/C30H27ClN6O2/c1-19-4-2-3-5-21(19)17-37-28-22(16-33-30(36-28)35-23-9-12-39-13-10-23)14-25(29(37)38)24-7-6-20(15-26(24)31)27-8-11-32-18-34-27/h2-8,11,14-16,18,23H,9-10,12-13,17H2,1H3,(H,33,35,36). The molecule has 0 bridgehead atoms. The van der Waals surface area contributed by atoms with E-state index in [1.54, 1.807) is 17.0 Å². The lowest BCUT2D eigenvalue weighted by Crippen LogP contribution is -2.29. The Balaban J connectivity index is 1.47. The van der Waals surface area contributed by atoms with Crippen LogP contribution in [0.25, 0.3) is 33.4 Å². The van der Waals surface area contributed by atoms with Gasteiger partial charge in [0.15, 0.2) is 0 Å². The lowest BCUT2D eigenvalue weighted by atomic mass is 10.0. The van der Waals surface area contributed by atoms with Gasteiger partial charge in [0, 0.05) is 58.7 Å². The zero-order valence-electron chi connectivity index (χ0n) is 21.5. The minimum absolute atomic E-state index is 0.168. The smallest absolute Gasteiger partial charge is 0.260 e. The molecule has 8 nitrogen and oxygen atoms in total. The average molecular weight is 539 g/mol. The van der Waals surface area contributed by atoms with Crippen molar-refractivity contribution in [3.05, 3.63) is 99.8 Å². The van der Waals surface area contributed by atoms with Gasteiger partial charge in [0.2, 0.25) is 5.95 Å². The van der Waals surface area contributed by atoms with Gasteiger partial charge in [-0.05, 0) is 49.1 Å². The van der Waals surface area contributed by atoms with E-state index in [9.17, 15) is 4.79 Å². The van der Waals surface area contributed by atoms with Crippen LogP contribution in [0.3, 0.4) is 0 Å². The Morgan fingerprint density at radius 1 is 1.05 bits per heavy atom. The summed E-state index contributed by atoms with van der Waals surface area (Å²) in [5.41, 5.74) is 5.29. The Kier molecular flexibility index (Phi) is 7.04. The maximum Gasteiger partial charge on any atom is 0.260 e. The molecule has 0 atom stereocenters. The van der Waals surface area contributed by atoms with Crippen LogP contribution in [-0.2, 0) is 11.3 Å². The fourth-order valence-electron chi connectivity index (χ4n) is 4.90. The van der Waals surface area contributed by atoms with Crippen LogP contribution < -0.4 is 10.9 Å². The molecule has 3 aromatic heterocycles. The Morgan fingerprint density at radius 3 is 2.67 bits per heavy atom. The average Bonchev–Trinajstić information content (AvgIpc) is 2.97. The molecular weight excluding hydrogens is 512 g/mol. The van der Waals surface area contributed by atoms with Crippen molar-refractivity contribution in [3.63, 3.8) is 0 Å². The van der Waals surface area contributed by atoms with E-state index in [-0.39, 0.29) is 11.6 Å². The number of halogens is 1. The number of rotatable bonds is 6. The van der Waals surface area contributed by atoms with Crippen LogP contribution in [0.5, 0.6) is 0 Å². The summed E-state index contributed by atoms with van der Waals surface area (Å²) in [6, 6.07) is 17.5. The lowest BCUT2D eigenvalue weighted by Gasteiger charge is -2.23. The molecule has 0 aliphatic carbocycles. The molecule has 6 rings (SSSR count). The lowest BCUT2D eigenvalue weighted by molar-refractivity contribution is 0.0903. The van der Waals surface area contributed by atoms with Crippen LogP contribution in [0.15, 0.2) is 78.1 Å². The van der Waals surface area contributed by atoms with Gasteiger partial charge >= 0.3 is 0 Å². The highest BCUT2D eigenvalue weighted by molar-refractivity contribution is 6.33. The molecule has 0 spiro atoms. The third-order valence-corrected chi connectivity index (χ3v) is 7.42. The first-order chi connectivity index (χ1) is 19.1. The van der Waals surface area contributed by atoms with Gasteiger partial charge in [-0.2, -0.15) is 4.98 Å². The van der Waals surface area contributed by atoms with Crippen LogP contribution in [0, 0.1) is 6.92 Å². The summed E-state index contributed by atoms with van der Waals surface area (Å²) in [5, 5.41) is 4.64. The molecule has 0 saturated carbocycles. The van der Waals surface area contributed by atoms with E-state index in [1.807, 2.05) is 61.5 Å². The van der Waals surface area contributed by atoms with Crippen molar-refractivity contribution in [2.24, 2.45) is 0 Å². The molecule has 0 unspecified atom stereocenters. The SMILES string of the molecule is Cc1ccccc1Cn1c(=O)c(-c2ccc(-c3ccncn3)cc2Cl)cc2cnc(NC3CCOCC3)nc21. The number of hydrogen-bond acceptors (Lipinski definition) is 7. The maximum atomic E-state index is 14.1. The minimum atomic E-state index is -0.168. The number of nitrogens with one attached hydrogen (secondary N) is 1. The fourth-order valence-corrected chi connectivity index (χ4v) is 5.19. The van der Waals surface area contributed by atoms with E-state index in [0.717, 1.165) is 40.6 Å². The van der Waals surface area contributed by atoms with Gasteiger partial charge in [0.05, 0.1) is 12.2 Å². The molecule has 2 aromatic carbocycles. The van der Waals surface area contributed by atoms with E-state index in [2.05, 4.69) is 20.3 Å². The van der Waals surface area contributed by atoms with Crippen LogP contribution in [0.4, 0.5) is 5.95 Å². The van der Waals surface area contributed by atoms with Crippen molar-refractivity contribution in [1.82, 2.24) is 24.5 Å². The molecule has 196 valence electrons. The molecule has 9 heteroatoms. The molecule has 1 saturated heterocycles. The van der Waals surface area contributed by atoms with Gasteiger partial charge < -0.3 is 10.1 Å². The summed E-state index contributed by atoms with van der Waals surface area (Å²) in [7, 11) is 0. The van der Waals surface area contributed by atoms with E-state index >= 15 is 0 Å². The van der Waals surface area contributed by atoms with Crippen molar-refractivity contribution in [2.45, 2.75) is 32.4 Å². The number of aryl methyl sites for hydroxylation is 1. The highest BCUT2D eigenvalue weighted by Gasteiger charge is 2.19. The van der Waals surface area contributed by atoms with Crippen molar-refractivity contribution in [2.75, 3.05) is 18.5 Å². The number of anilines is 1. The van der Waals surface area contributed by atoms with Crippen molar-refractivity contribution in [3.8, 4) is 22.4 Å². The third kappa shape index (κ3) is 5.26. The van der Waals surface area contributed by atoms with Crippen LogP contribution in [-0.4, -0.2) is 43.8 Å². The maximum absolute atomic E-state index is 14.1. The van der Waals surface area contributed by atoms with Gasteiger partial charge in [0.25, 0.3) is 5.56 Å². The quantitative estimate of drug-likeness (QED) is 0.304. The number of ether oxygens (including phenoxy) is 1. The number of benzene rings is 2. The summed E-state index contributed by atoms with van der Waals surface area (Å²) >= 11 is 6.77. The number of pyridine rings is 1. The first-order valence-corrected chi connectivity index (χ1v) is 13.3. The zero-order valence-corrected chi connectivity index (χ0v) is 22.2. The molecule has 1 aliphatic heterocycles. The first-order valence-electron chi connectivity index (χ1n) is 12.9. The van der Waals surface area contributed by atoms with Crippen molar-refractivity contribution < 1.29 is 4.74 Å². The van der Waals surface area contributed by atoms with Gasteiger partial charge in [-0.1, -0.05) is 48.0 Å². The zero-order chi connectivity index (χ0) is 26.8. The molecular formula is C30H27ClN6O2. The molecule has 1 aliphatic rings. The molecule has 1 N–H and O–H groups in total. The van der Waals surface area contributed by atoms with Crippen molar-refractivity contribution >= 4 is 28.6 Å². The summed E-state index contributed by atoms with van der Waals surface area (Å²) in [6.07, 6.45) is 6.73. The summed E-state index contributed by atoms with van der Waals surface area (Å²) in [6.45, 7) is 3.84. The molecule has 0 amide bonds. The number of fused-ring (bicyclic) bond motifs is 1. The van der Waals surface area contributed by atoms with Crippen LogP contribution >= 0.6 is 11.6 Å². The Hall–Kier alpha value is -4.14. The van der Waals surface area contributed by atoms with E-state index in [1.165, 1.54) is 6.33 Å². The number of nitrogens with zero attached hydrogens (tertiary/aromatic N) is 5. The topological polar surface area (TPSA) is 94.8 Å². The summed E-state index contributed by atoms with van der Waals surface area (Å²) in [4.78, 5) is 31.8. The third-order valence-electron chi connectivity index (χ3n) is 7.11. The first kappa shape index (κ1) is 25.2. The molecule has 0 radical (unpaired) electrons. The highest BCUT2D eigenvalue weighted by Crippen LogP contribution is 2.31. The highest BCUT2D eigenvalue weighted by atomic mass is 35.5. The molecule has 1 fully saturated rings. The normalized spacial score (nSPS) is 14.0. The second-order valence-electron chi connectivity index (χ2n) is 9.67. The molecule has 4 heterocycles. The van der Waals surface area contributed by atoms with Gasteiger partial charge in [-0.25, -0.2) is 15.0 Å². The van der Waals surface area contributed by atoms with E-state index in [4.69, 9.17) is 21.3 Å². The Bertz CT molecular complexity index is 1700. The largest absolute Gasteiger partial charge is 0.381 e. The monoisotopic (exact) mass is 538 g/mol. The Morgan fingerprint density at radius 2 is 1.90 bits per heavy atom. The van der Waals surface area contributed by atoms with Crippen LogP contribution in [0.1, 0.15) is 24.0 Å². The minimum Gasteiger partial charge on any atom is -0.381 e. The number of aromatic nitrogens is 5. The molecule has 5 aromatic rings. The summed E-state index contributed by atoms with van der Waals surface area (Å²) < 4.78 is 7.19. The number of hydrogen-bond donors (Lipinski definition) is 1. The molecule has 39 heavy (non-hydrogen) atoms. The van der Waals surface area contributed by atoms with Crippen molar-refractivity contribution in [1.29, 1.82) is 0 Å². The second kappa shape index (κ2) is 10.9. The van der Waals surface area contributed by atoms with E-state index in [0.29, 0.717) is 47.5 Å².